The van der Waals surface area contributed by atoms with E-state index in [1.807, 2.05) is 13.8 Å². The maximum atomic E-state index is 14.0. The highest BCUT2D eigenvalue weighted by Crippen LogP contribution is 2.30. The van der Waals surface area contributed by atoms with Crippen molar-refractivity contribution in [3.8, 4) is 0 Å². The fraction of sp³-hybridized carbons (Fsp3) is 0.310. The van der Waals surface area contributed by atoms with Crippen LogP contribution in [0.3, 0.4) is 0 Å². The van der Waals surface area contributed by atoms with Gasteiger partial charge in [0.05, 0.1) is 10.6 Å². The fourth-order valence-electron chi connectivity index (χ4n) is 3.96. The number of benzene rings is 3. The molecule has 0 aliphatic carbocycles. The fourth-order valence-corrected chi connectivity index (χ4v) is 5.84. The number of carbonyl (C=O) groups is 2. The number of carbonyl (C=O) groups excluding carboxylic acids is 2. The molecule has 0 heterocycles. The molecule has 208 valence electrons. The molecule has 0 aromatic heterocycles. The maximum Gasteiger partial charge on any atom is 0.264 e. The molecule has 0 unspecified atom stereocenters. The van der Waals surface area contributed by atoms with Gasteiger partial charge >= 0.3 is 0 Å². The average Bonchev–Trinajstić information content (AvgIpc) is 2.91. The summed E-state index contributed by atoms with van der Waals surface area (Å²) in [6, 6.07) is 18.8. The van der Waals surface area contributed by atoms with E-state index in [0.29, 0.717) is 21.2 Å². The number of hydrogen-bond acceptors (Lipinski definition) is 4. The zero-order valence-corrected chi connectivity index (χ0v) is 24.7. The summed E-state index contributed by atoms with van der Waals surface area (Å²) >= 11 is 12.4. The third-order valence-electron chi connectivity index (χ3n) is 6.46. The molecule has 3 aromatic rings. The minimum Gasteiger partial charge on any atom is -0.352 e. The van der Waals surface area contributed by atoms with E-state index < -0.39 is 28.5 Å². The van der Waals surface area contributed by atoms with Crippen LogP contribution in [-0.4, -0.2) is 43.8 Å². The Morgan fingerprint density at radius 2 is 1.59 bits per heavy atom. The number of aryl methyl sites for hydroxylation is 1. The van der Waals surface area contributed by atoms with Crippen molar-refractivity contribution < 1.29 is 18.0 Å². The summed E-state index contributed by atoms with van der Waals surface area (Å²) in [5.41, 5.74) is 1.60. The van der Waals surface area contributed by atoms with Crippen molar-refractivity contribution in [2.45, 2.75) is 57.6 Å². The third-order valence-corrected chi connectivity index (χ3v) is 8.70. The van der Waals surface area contributed by atoms with Crippen LogP contribution in [0.25, 0.3) is 0 Å². The Labute approximate surface area is 240 Å². The number of nitrogens with one attached hydrogen (secondary N) is 1. The molecule has 0 saturated carbocycles. The molecule has 3 aromatic carbocycles. The number of nitrogens with zero attached hydrogens (tertiary/aromatic N) is 2. The first-order valence-corrected chi connectivity index (χ1v) is 14.8. The van der Waals surface area contributed by atoms with Crippen LogP contribution in [0.15, 0.2) is 77.7 Å². The van der Waals surface area contributed by atoms with Crippen LogP contribution in [-0.2, 0) is 26.2 Å². The first-order chi connectivity index (χ1) is 18.4. The Bertz CT molecular complexity index is 1420. The van der Waals surface area contributed by atoms with Gasteiger partial charge in [-0.05, 0) is 74.7 Å². The first-order valence-electron chi connectivity index (χ1n) is 12.6. The van der Waals surface area contributed by atoms with E-state index >= 15 is 0 Å². The smallest absolute Gasteiger partial charge is 0.264 e. The molecule has 2 atom stereocenters. The molecule has 39 heavy (non-hydrogen) atoms. The van der Waals surface area contributed by atoms with Gasteiger partial charge in [-0.15, -0.1) is 0 Å². The van der Waals surface area contributed by atoms with Crippen molar-refractivity contribution in [2.24, 2.45) is 0 Å². The topological polar surface area (TPSA) is 86.8 Å². The third kappa shape index (κ3) is 7.75. The molecule has 0 fully saturated rings. The van der Waals surface area contributed by atoms with E-state index in [0.717, 1.165) is 10.7 Å². The summed E-state index contributed by atoms with van der Waals surface area (Å²) in [5.74, 6) is -0.892. The lowest BCUT2D eigenvalue weighted by molar-refractivity contribution is -0.139. The van der Waals surface area contributed by atoms with Crippen molar-refractivity contribution >= 4 is 50.7 Å². The van der Waals surface area contributed by atoms with Gasteiger partial charge in [-0.25, -0.2) is 8.42 Å². The van der Waals surface area contributed by atoms with E-state index in [-0.39, 0.29) is 29.1 Å². The summed E-state index contributed by atoms with van der Waals surface area (Å²) in [6.07, 6.45) is 0.720. The minimum atomic E-state index is -4.16. The molecule has 0 aliphatic heterocycles. The van der Waals surface area contributed by atoms with Gasteiger partial charge in [-0.2, -0.15) is 0 Å². The van der Waals surface area contributed by atoms with Gasteiger partial charge in [-0.1, -0.05) is 66.5 Å². The SMILES string of the molecule is CC[C@@H](C)NC(=O)[C@H](C)N(Cc1cccc(Cl)c1)C(=O)CN(c1cc(Cl)ccc1C)S(=O)(=O)c1ccccc1. The summed E-state index contributed by atoms with van der Waals surface area (Å²) in [4.78, 5) is 28.5. The Morgan fingerprint density at radius 3 is 2.23 bits per heavy atom. The quantitative estimate of drug-likeness (QED) is 0.305. The van der Waals surface area contributed by atoms with E-state index in [1.165, 1.54) is 23.1 Å². The first kappa shape index (κ1) is 30.5. The van der Waals surface area contributed by atoms with Crippen LogP contribution in [0.1, 0.15) is 38.3 Å². The standard InChI is InChI=1S/C29H33Cl2N3O4S/c1-5-21(3)32-29(36)22(4)33(18-23-10-9-11-24(30)16-23)28(35)19-34(27-17-25(31)15-14-20(27)2)39(37,38)26-12-7-6-8-13-26/h6-17,21-22H,5,18-19H2,1-4H3,(H,32,36)/t21-,22+/m1/s1. The van der Waals surface area contributed by atoms with E-state index in [4.69, 9.17) is 23.2 Å². The van der Waals surface area contributed by atoms with Crippen molar-refractivity contribution in [1.82, 2.24) is 10.2 Å². The van der Waals surface area contributed by atoms with Crippen LogP contribution in [0.4, 0.5) is 5.69 Å². The normalized spacial score (nSPS) is 12.9. The summed E-state index contributed by atoms with van der Waals surface area (Å²) in [7, 11) is -4.16. The Morgan fingerprint density at radius 1 is 0.923 bits per heavy atom. The van der Waals surface area contributed by atoms with Crippen LogP contribution in [0.5, 0.6) is 0 Å². The zero-order chi connectivity index (χ0) is 28.7. The minimum absolute atomic E-state index is 0.0288. The average molecular weight is 591 g/mol. The lowest BCUT2D eigenvalue weighted by Gasteiger charge is -2.33. The molecular weight excluding hydrogens is 557 g/mol. The molecular formula is C29H33Cl2N3O4S. The molecule has 0 aliphatic rings. The van der Waals surface area contributed by atoms with Gasteiger partial charge in [0, 0.05) is 22.6 Å². The largest absolute Gasteiger partial charge is 0.352 e. The number of anilines is 1. The number of sulfonamides is 1. The highest BCUT2D eigenvalue weighted by molar-refractivity contribution is 7.92. The van der Waals surface area contributed by atoms with Crippen molar-refractivity contribution in [1.29, 1.82) is 0 Å². The van der Waals surface area contributed by atoms with Gasteiger partial charge < -0.3 is 10.2 Å². The second-order valence-electron chi connectivity index (χ2n) is 9.40. The summed E-state index contributed by atoms with van der Waals surface area (Å²) in [6.45, 7) is 6.71. The second kappa shape index (κ2) is 13.3. The molecule has 7 nitrogen and oxygen atoms in total. The monoisotopic (exact) mass is 589 g/mol. The molecule has 1 N–H and O–H groups in total. The maximum absolute atomic E-state index is 14.0. The van der Waals surface area contributed by atoms with Gasteiger partial charge in [0.1, 0.15) is 12.6 Å². The van der Waals surface area contributed by atoms with Crippen molar-refractivity contribution in [3.05, 3.63) is 94.0 Å². The lowest BCUT2D eigenvalue weighted by atomic mass is 10.1. The Hall–Kier alpha value is -3.07. The number of amides is 2. The molecule has 0 saturated heterocycles. The van der Waals surface area contributed by atoms with Gasteiger partial charge in [0.2, 0.25) is 11.8 Å². The Kier molecular flexibility index (Phi) is 10.4. The van der Waals surface area contributed by atoms with E-state index in [2.05, 4.69) is 5.32 Å². The summed E-state index contributed by atoms with van der Waals surface area (Å²) in [5, 5.41) is 3.72. The van der Waals surface area contributed by atoms with Crippen LogP contribution >= 0.6 is 23.2 Å². The van der Waals surface area contributed by atoms with Gasteiger partial charge in [0.25, 0.3) is 10.0 Å². The van der Waals surface area contributed by atoms with Crippen molar-refractivity contribution in [2.75, 3.05) is 10.8 Å². The van der Waals surface area contributed by atoms with Gasteiger partial charge in [0.15, 0.2) is 0 Å². The van der Waals surface area contributed by atoms with E-state index in [9.17, 15) is 18.0 Å². The van der Waals surface area contributed by atoms with Gasteiger partial charge in [-0.3, -0.25) is 13.9 Å². The molecule has 2 amide bonds. The number of halogens is 2. The van der Waals surface area contributed by atoms with Crippen LogP contribution < -0.4 is 9.62 Å². The summed E-state index contributed by atoms with van der Waals surface area (Å²) < 4.78 is 28.8. The Balaban J connectivity index is 2.06. The molecule has 0 radical (unpaired) electrons. The lowest BCUT2D eigenvalue weighted by Crippen LogP contribution is -2.52. The van der Waals surface area contributed by atoms with Crippen molar-refractivity contribution in [3.63, 3.8) is 0 Å². The number of hydrogen-bond donors (Lipinski definition) is 1. The zero-order valence-electron chi connectivity index (χ0n) is 22.4. The van der Waals surface area contributed by atoms with E-state index in [1.54, 1.807) is 68.4 Å². The van der Waals surface area contributed by atoms with Crippen LogP contribution in [0.2, 0.25) is 10.0 Å². The predicted molar refractivity (Wildman–Crippen MR) is 157 cm³/mol. The predicted octanol–water partition coefficient (Wildman–Crippen LogP) is 5.83. The number of rotatable bonds is 11. The van der Waals surface area contributed by atoms with Crippen LogP contribution in [0, 0.1) is 6.92 Å². The molecule has 0 bridgehead atoms. The highest BCUT2D eigenvalue weighted by Gasteiger charge is 2.33. The highest BCUT2D eigenvalue weighted by atomic mass is 35.5. The molecule has 10 heteroatoms. The molecule has 3 rings (SSSR count). The second-order valence-corrected chi connectivity index (χ2v) is 12.1. The molecule has 0 spiro atoms.